The molecule has 4 rings (SSSR count). The maximum absolute atomic E-state index is 13.2. The van der Waals surface area contributed by atoms with Crippen molar-refractivity contribution >= 4 is 11.7 Å². The number of fused-ring (bicyclic) bond motifs is 1. The average Bonchev–Trinajstić information content (AvgIpc) is 3.05. The van der Waals surface area contributed by atoms with Crippen LogP contribution in [0.2, 0.25) is 0 Å². The van der Waals surface area contributed by atoms with E-state index in [0.717, 1.165) is 16.9 Å². The van der Waals surface area contributed by atoms with E-state index in [-0.39, 0.29) is 23.7 Å². The average molecular weight is 365 g/mol. The number of ether oxygens (including phenoxy) is 1. The maximum atomic E-state index is 13.2. The van der Waals surface area contributed by atoms with Crippen LogP contribution < -0.4 is 10.1 Å². The highest BCUT2D eigenvalue weighted by Crippen LogP contribution is 2.38. The monoisotopic (exact) mass is 365 g/mol. The number of nitrogens with one attached hydrogen (secondary N) is 1. The van der Waals surface area contributed by atoms with Crippen LogP contribution in [0.1, 0.15) is 37.3 Å². The zero-order chi connectivity index (χ0) is 19.0. The maximum Gasteiger partial charge on any atom is 0.226 e. The Balaban J connectivity index is 1.69. The van der Waals surface area contributed by atoms with Crippen molar-refractivity contribution in [2.45, 2.75) is 32.3 Å². The molecule has 0 fully saturated rings. The second-order valence-corrected chi connectivity index (χ2v) is 6.88. The number of carbonyl (C=O) groups excluding carboxylic acids is 1. The van der Waals surface area contributed by atoms with Gasteiger partial charge in [-0.15, -0.1) is 0 Å². The van der Waals surface area contributed by atoms with Crippen molar-refractivity contribution in [3.05, 3.63) is 71.7 Å². The molecule has 6 heteroatoms. The number of aromatic nitrogens is 2. The number of nitrogens with zero attached hydrogens (tertiary/aromatic N) is 2. The smallest absolute Gasteiger partial charge is 0.226 e. The Hall–Kier alpha value is -3.15. The first-order chi connectivity index (χ1) is 13.0. The molecule has 1 N–H and O–H groups in total. The molecule has 138 valence electrons. The summed E-state index contributed by atoms with van der Waals surface area (Å²) in [5.74, 6) is 0.960. The van der Waals surface area contributed by atoms with E-state index >= 15 is 0 Å². The number of amides is 1. The second kappa shape index (κ2) is 6.87. The molecular formula is C21H20FN3O2. The molecule has 2 heterocycles. The lowest BCUT2D eigenvalue weighted by Gasteiger charge is -2.24. The third-order valence-corrected chi connectivity index (χ3v) is 4.55. The van der Waals surface area contributed by atoms with Crippen LogP contribution in [0.3, 0.4) is 0 Å². The molecule has 1 aliphatic rings. The highest BCUT2D eigenvalue weighted by molar-refractivity contribution is 5.94. The first-order valence-electron chi connectivity index (χ1n) is 8.91. The topological polar surface area (TPSA) is 56.1 Å². The van der Waals surface area contributed by atoms with Crippen LogP contribution in [0.4, 0.5) is 10.2 Å². The van der Waals surface area contributed by atoms with Gasteiger partial charge in [-0.25, -0.2) is 9.07 Å². The number of carbonyl (C=O) groups is 1. The third kappa shape index (κ3) is 3.43. The summed E-state index contributed by atoms with van der Waals surface area (Å²) < 4.78 is 20.5. The van der Waals surface area contributed by atoms with Crippen LogP contribution in [-0.2, 0) is 4.79 Å². The van der Waals surface area contributed by atoms with Crippen LogP contribution in [0.25, 0.3) is 5.69 Å². The largest absolute Gasteiger partial charge is 0.491 e. The van der Waals surface area contributed by atoms with E-state index in [9.17, 15) is 9.18 Å². The van der Waals surface area contributed by atoms with E-state index in [1.807, 2.05) is 38.1 Å². The van der Waals surface area contributed by atoms with E-state index in [4.69, 9.17) is 4.74 Å². The minimum atomic E-state index is -0.314. The summed E-state index contributed by atoms with van der Waals surface area (Å²) >= 11 is 0. The number of benzene rings is 2. The molecule has 0 spiro atoms. The highest BCUT2D eigenvalue weighted by atomic mass is 19.1. The van der Waals surface area contributed by atoms with Gasteiger partial charge in [0.25, 0.3) is 0 Å². The Morgan fingerprint density at radius 2 is 1.85 bits per heavy atom. The van der Waals surface area contributed by atoms with Gasteiger partial charge in [-0.05, 0) is 55.8 Å². The van der Waals surface area contributed by atoms with Gasteiger partial charge in [0.2, 0.25) is 5.91 Å². The molecule has 0 unspecified atom stereocenters. The second-order valence-electron chi connectivity index (χ2n) is 6.88. The Morgan fingerprint density at radius 3 is 2.52 bits per heavy atom. The Bertz CT molecular complexity index is 962. The van der Waals surface area contributed by atoms with E-state index in [0.29, 0.717) is 17.9 Å². The number of hydrogen-bond acceptors (Lipinski definition) is 3. The summed E-state index contributed by atoms with van der Waals surface area (Å²) in [6, 6.07) is 13.8. The summed E-state index contributed by atoms with van der Waals surface area (Å²) in [5.41, 5.74) is 2.66. The van der Waals surface area contributed by atoms with E-state index in [1.54, 1.807) is 23.0 Å². The molecule has 0 bridgehead atoms. The number of halogens is 1. The lowest BCUT2D eigenvalue weighted by atomic mass is 9.87. The number of anilines is 1. The zero-order valence-corrected chi connectivity index (χ0v) is 15.1. The van der Waals surface area contributed by atoms with Crippen molar-refractivity contribution in [2.75, 3.05) is 5.32 Å². The standard InChI is InChI=1S/C21H20FN3O2/c1-13(2)27-17-9-3-14(4-10-17)18-11-20(26)24-21-19(18)12-23-25(21)16-7-5-15(22)6-8-16/h3-10,12-13,18H,11H2,1-2H3,(H,24,26)/t18-/m0/s1. The van der Waals surface area contributed by atoms with Gasteiger partial charge in [0, 0.05) is 17.9 Å². The molecule has 1 amide bonds. The summed E-state index contributed by atoms with van der Waals surface area (Å²) in [4.78, 5) is 12.3. The van der Waals surface area contributed by atoms with Crippen molar-refractivity contribution in [1.29, 1.82) is 0 Å². The van der Waals surface area contributed by atoms with Crippen LogP contribution in [0.15, 0.2) is 54.7 Å². The van der Waals surface area contributed by atoms with Crippen molar-refractivity contribution in [1.82, 2.24) is 9.78 Å². The highest BCUT2D eigenvalue weighted by Gasteiger charge is 2.30. The van der Waals surface area contributed by atoms with Gasteiger partial charge in [-0.3, -0.25) is 4.79 Å². The molecule has 1 aliphatic heterocycles. The molecule has 1 aromatic heterocycles. The molecule has 0 aliphatic carbocycles. The quantitative estimate of drug-likeness (QED) is 0.751. The first-order valence-corrected chi connectivity index (χ1v) is 8.91. The van der Waals surface area contributed by atoms with Gasteiger partial charge in [0.1, 0.15) is 17.4 Å². The van der Waals surface area contributed by atoms with Crippen LogP contribution in [0.5, 0.6) is 5.75 Å². The Morgan fingerprint density at radius 1 is 1.15 bits per heavy atom. The zero-order valence-electron chi connectivity index (χ0n) is 15.1. The van der Waals surface area contributed by atoms with Crippen molar-refractivity contribution in [3.8, 4) is 11.4 Å². The number of rotatable bonds is 4. The van der Waals surface area contributed by atoms with Crippen LogP contribution in [0, 0.1) is 5.82 Å². The third-order valence-electron chi connectivity index (χ3n) is 4.55. The molecule has 0 saturated carbocycles. The lowest BCUT2D eigenvalue weighted by molar-refractivity contribution is -0.116. The van der Waals surface area contributed by atoms with Gasteiger partial charge in [-0.1, -0.05) is 12.1 Å². The molecular weight excluding hydrogens is 345 g/mol. The van der Waals surface area contributed by atoms with Crippen molar-refractivity contribution < 1.29 is 13.9 Å². The summed E-state index contributed by atoms with van der Waals surface area (Å²) in [7, 11) is 0. The molecule has 0 radical (unpaired) electrons. The fraction of sp³-hybridized carbons (Fsp3) is 0.238. The summed E-state index contributed by atoms with van der Waals surface area (Å²) in [6.45, 7) is 3.96. The predicted molar refractivity (Wildman–Crippen MR) is 101 cm³/mol. The minimum Gasteiger partial charge on any atom is -0.491 e. The molecule has 1 atom stereocenters. The SMILES string of the molecule is CC(C)Oc1ccc([C@@H]2CC(=O)Nc3c2cnn3-c2ccc(F)cc2)cc1. The summed E-state index contributed by atoms with van der Waals surface area (Å²) in [5, 5.41) is 7.32. The van der Waals surface area contributed by atoms with Gasteiger partial charge >= 0.3 is 0 Å². The molecule has 0 saturated heterocycles. The van der Waals surface area contributed by atoms with Gasteiger partial charge in [0.15, 0.2) is 0 Å². The fourth-order valence-corrected chi connectivity index (χ4v) is 3.35. The normalized spacial score (nSPS) is 16.1. The predicted octanol–water partition coefficient (Wildman–Crippen LogP) is 4.27. The van der Waals surface area contributed by atoms with Crippen LogP contribution in [-0.4, -0.2) is 21.8 Å². The molecule has 3 aromatic rings. The minimum absolute atomic E-state index is 0.0705. The first kappa shape index (κ1) is 17.3. The van der Waals surface area contributed by atoms with Crippen molar-refractivity contribution in [2.24, 2.45) is 0 Å². The Kier molecular flexibility index (Phi) is 4.39. The van der Waals surface area contributed by atoms with Gasteiger partial charge in [0.05, 0.1) is 18.0 Å². The fourth-order valence-electron chi connectivity index (χ4n) is 3.35. The van der Waals surface area contributed by atoms with E-state index in [1.165, 1.54) is 12.1 Å². The molecule has 2 aromatic carbocycles. The molecule has 5 nitrogen and oxygen atoms in total. The van der Waals surface area contributed by atoms with Gasteiger partial charge in [-0.2, -0.15) is 5.10 Å². The van der Waals surface area contributed by atoms with Crippen molar-refractivity contribution in [3.63, 3.8) is 0 Å². The summed E-state index contributed by atoms with van der Waals surface area (Å²) in [6.07, 6.45) is 2.23. The van der Waals surface area contributed by atoms with Crippen LogP contribution >= 0.6 is 0 Å². The lowest BCUT2D eigenvalue weighted by Crippen LogP contribution is -2.24. The Labute approximate surface area is 156 Å². The van der Waals surface area contributed by atoms with E-state index in [2.05, 4.69) is 10.4 Å². The van der Waals surface area contributed by atoms with E-state index < -0.39 is 0 Å². The van der Waals surface area contributed by atoms with Gasteiger partial charge < -0.3 is 10.1 Å². The number of hydrogen-bond donors (Lipinski definition) is 1. The molecule has 27 heavy (non-hydrogen) atoms.